The van der Waals surface area contributed by atoms with E-state index in [-0.39, 0.29) is 5.82 Å². The number of aromatic amines is 1. The molecule has 6 nitrogen and oxygen atoms in total. The van der Waals surface area contributed by atoms with Crippen LogP contribution < -0.4 is 0 Å². The largest absolute Gasteiger partial charge is 0.358 e. The van der Waals surface area contributed by atoms with E-state index >= 15 is 0 Å². The Labute approximate surface area is 95.5 Å². The molecule has 0 amide bonds. The molecule has 2 aromatic heterocycles. The molecule has 84 valence electrons. The van der Waals surface area contributed by atoms with E-state index < -0.39 is 4.92 Å². The van der Waals surface area contributed by atoms with E-state index in [1.54, 1.807) is 12.1 Å². The zero-order valence-electron chi connectivity index (χ0n) is 8.97. The Morgan fingerprint density at radius 1 is 1.35 bits per heavy atom. The van der Waals surface area contributed by atoms with E-state index in [0.717, 1.165) is 22.0 Å². The van der Waals surface area contributed by atoms with Crippen LogP contribution in [-0.4, -0.2) is 19.9 Å². The number of H-pyrrole nitrogens is 1. The van der Waals surface area contributed by atoms with Crippen LogP contribution in [0.25, 0.3) is 21.9 Å². The highest BCUT2D eigenvalue weighted by Gasteiger charge is 2.13. The van der Waals surface area contributed by atoms with Crippen molar-refractivity contribution >= 4 is 27.8 Å². The van der Waals surface area contributed by atoms with Crippen molar-refractivity contribution in [1.29, 1.82) is 0 Å². The molecule has 6 heteroatoms. The van der Waals surface area contributed by atoms with Crippen molar-refractivity contribution in [2.24, 2.45) is 0 Å². The summed E-state index contributed by atoms with van der Waals surface area (Å²) in [5.41, 5.74) is 3.08. The van der Waals surface area contributed by atoms with Crippen LogP contribution in [0.5, 0.6) is 0 Å². The number of rotatable bonds is 1. The van der Waals surface area contributed by atoms with E-state index in [0.29, 0.717) is 5.52 Å². The molecule has 0 unspecified atom stereocenters. The van der Waals surface area contributed by atoms with Gasteiger partial charge in [-0.2, -0.15) is 0 Å². The fourth-order valence-corrected chi connectivity index (χ4v) is 2.02. The van der Waals surface area contributed by atoms with Gasteiger partial charge in [0.05, 0.1) is 10.9 Å². The minimum atomic E-state index is -0.437. The third-order valence-electron chi connectivity index (χ3n) is 2.75. The highest BCUT2D eigenvalue weighted by atomic mass is 16.6. The SMILES string of the molecule is Cc1cc([N+](=O)[O-])[nH]c2ccc3ncnc3c12. The van der Waals surface area contributed by atoms with E-state index in [1.807, 2.05) is 6.92 Å². The van der Waals surface area contributed by atoms with Gasteiger partial charge in [0, 0.05) is 6.07 Å². The van der Waals surface area contributed by atoms with Crippen molar-refractivity contribution in [3.05, 3.63) is 40.2 Å². The zero-order chi connectivity index (χ0) is 12.0. The molecule has 17 heavy (non-hydrogen) atoms. The maximum Gasteiger partial charge on any atom is 0.321 e. The summed E-state index contributed by atoms with van der Waals surface area (Å²) in [6.45, 7) is 1.83. The Morgan fingerprint density at radius 2 is 2.18 bits per heavy atom. The quantitative estimate of drug-likeness (QED) is 0.511. The molecular weight excluding hydrogens is 220 g/mol. The minimum absolute atomic E-state index is 0.0196. The van der Waals surface area contributed by atoms with E-state index in [9.17, 15) is 10.1 Å². The van der Waals surface area contributed by atoms with Crippen LogP contribution in [0.1, 0.15) is 5.56 Å². The van der Waals surface area contributed by atoms with Gasteiger partial charge in [0.15, 0.2) is 0 Å². The van der Waals surface area contributed by atoms with Crippen LogP contribution >= 0.6 is 0 Å². The maximum atomic E-state index is 10.8. The van der Waals surface area contributed by atoms with Crippen molar-refractivity contribution in [3.8, 4) is 0 Å². The monoisotopic (exact) mass is 228 g/mol. The summed E-state index contributed by atoms with van der Waals surface area (Å²) in [5, 5.41) is 11.6. The lowest BCUT2D eigenvalue weighted by Gasteiger charge is -2.02. The summed E-state index contributed by atoms with van der Waals surface area (Å²) in [7, 11) is 0. The minimum Gasteiger partial charge on any atom is -0.358 e. The first kappa shape index (κ1) is 9.71. The van der Waals surface area contributed by atoms with Crippen LogP contribution in [0.4, 0.5) is 5.82 Å². The maximum absolute atomic E-state index is 10.8. The molecule has 0 aliphatic carbocycles. The fourth-order valence-electron chi connectivity index (χ4n) is 2.02. The lowest BCUT2D eigenvalue weighted by Crippen LogP contribution is -1.94. The number of aryl methyl sites for hydroxylation is 1. The lowest BCUT2D eigenvalue weighted by atomic mass is 10.1. The second kappa shape index (κ2) is 3.24. The summed E-state index contributed by atoms with van der Waals surface area (Å²) in [6, 6.07) is 5.09. The number of imidazole rings is 1. The van der Waals surface area contributed by atoms with Gasteiger partial charge in [-0.1, -0.05) is 0 Å². The average molecular weight is 228 g/mol. The number of hydrogen-bond donors (Lipinski definition) is 1. The first-order chi connectivity index (χ1) is 8.16. The van der Waals surface area contributed by atoms with E-state index in [1.165, 1.54) is 12.4 Å². The molecule has 3 rings (SSSR count). The Balaban J connectivity index is 2.49. The zero-order valence-corrected chi connectivity index (χ0v) is 8.97. The van der Waals surface area contributed by atoms with Crippen molar-refractivity contribution in [2.75, 3.05) is 0 Å². The van der Waals surface area contributed by atoms with Crippen LogP contribution in [0, 0.1) is 17.0 Å². The first-order valence-electron chi connectivity index (χ1n) is 5.04. The van der Waals surface area contributed by atoms with Gasteiger partial charge in [-0.25, -0.2) is 15.0 Å². The molecule has 0 bridgehead atoms. The summed E-state index contributed by atoms with van der Waals surface area (Å²) >= 11 is 0. The number of nitrogens with zero attached hydrogens (tertiary/aromatic N) is 3. The molecule has 0 aliphatic rings. The molecule has 0 aliphatic heterocycles. The number of fused-ring (bicyclic) bond motifs is 3. The molecule has 0 saturated heterocycles. The molecular formula is C11H8N4O2. The predicted octanol–water partition coefficient (Wildman–Crippen LogP) is 2.33. The fraction of sp³-hybridized carbons (Fsp3) is 0.0909. The van der Waals surface area contributed by atoms with Gasteiger partial charge in [-0.15, -0.1) is 0 Å². The summed E-state index contributed by atoms with van der Waals surface area (Å²) in [6.07, 6.45) is 1.49. The van der Waals surface area contributed by atoms with E-state index in [2.05, 4.69) is 15.0 Å². The second-order valence-corrected chi connectivity index (χ2v) is 3.82. The molecule has 0 radical (unpaired) electrons. The number of nitrogens with one attached hydrogen (secondary N) is 1. The van der Waals surface area contributed by atoms with Gasteiger partial charge < -0.3 is 10.1 Å². The van der Waals surface area contributed by atoms with Gasteiger partial charge in [0.2, 0.25) is 0 Å². The number of benzene rings is 1. The number of aromatic nitrogens is 3. The Kier molecular flexibility index (Phi) is 1.85. The molecule has 2 heterocycles. The van der Waals surface area contributed by atoms with Gasteiger partial charge in [-0.3, -0.25) is 0 Å². The predicted molar refractivity (Wildman–Crippen MR) is 62.8 cm³/mol. The highest BCUT2D eigenvalue weighted by Crippen LogP contribution is 2.27. The lowest BCUT2D eigenvalue weighted by molar-refractivity contribution is -0.389. The highest BCUT2D eigenvalue weighted by molar-refractivity contribution is 6.04. The molecule has 0 saturated carbocycles. The molecule has 1 aromatic carbocycles. The molecule has 0 atom stereocenters. The number of hydrogen-bond acceptors (Lipinski definition) is 4. The standard InChI is InChI=1S/C11H8N4O2/c1-6-4-9(15(16)17)14-7-2-3-8-11(10(6)7)13-5-12-8/h2-5,14H,1H3. The Morgan fingerprint density at radius 3 is 2.94 bits per heavy atom. The van der Waals surface area contributed by atoms with E-state index in [4.69, 9.17) is 0 Å². The van der Waals surface area contributed by atoms with Gasteiger partial charge in [-0.05, 0) is 29.5 Å². The van der Waals surface area contributed by atoms with Crippen molar-refractivity contribution < 1.29 is 4.92 Å². The van der Waals surface area contributed by atoms with Crippen molar-refractivity contribution in [1.82, 2.24) is 15.0 Å². The molecule has 1 N–H and O–H groups in total. The molecule has 0 fully saturated rings. The van der Waals surface area contributed by atoms with Crippen molar-refractivity contribution in [2.45, 2.75) is 6.92 Å². The summed E-state index contributed by atoms with van der Waals surface area (Å²) in [4.78, 5) is 21.4. The van der Waals surface area contributed by atoms with Crippen LogP contribution in [0.3, 0.4) is 0 Å². The third-order valence-corrected chi connectivity index (χ3v) is 2.75. The topological polar surface area (TPSA) is 84.7 Å². The molecule has 0 spiro atoms. The normalized spacial score (nSPS) is 11.1. The van der Waals surface area contributed by atoms with Crippen LogP contribution in [-0.2, 0) is 0 Å². The second-order valence-electron chi connectivity index (χ2n) is 3.82. The Hall–Kier alpha value is -2.50. The van der Waals surface area contributed by atoms with Crippen molar-refractivity contribution in [3.63, 3.8) is 0 Å². The summed E-state index contributed by atoms with van der Waals surface area (Å²) < 4.78 is 0. The van der Waals surface area contributed by atoms with Gasteiger partial charge in [0.25, 0.3) is 0 Å². The van der Waals surface area contributed by atoms with Gasteiger partial charge >= 0.3 is 5.82 Å². The summed E-state index contributed by atoms with van der Waals surface area (Å²) in [5.74, 6) is -0.0196. The third kappa shape index (κ3) is 1.34. The smallest absolute Gasteiger partial charge is 0.321 e. The van der Waals surface area contributed by atoms with Crippen LogP contribution in [0.15, 0.2) is 24.5 Å². The Bertz CT molecular complexity index is 748. The molecule has 3 aromatic rings. The van der Waals surface area contributed by atoms with Crippen LogP contribution in [0.2, 0.25) is 0 Å². The number of nitro groups is 1. The first-order valence-corrected chi connectivity index (χ1v) is 5.04. The average Bonchev–Trinajstić information content (AvgIpc) is 2.76. The number of pyridine rings is 1. The van der Waals surface area contributed by atoms with Gasteiger partial charge in [0.1, 0.15) is 17.4 Å².